The summed E-state index contributed by atoms with van der Waals surface area (Å²) in [7, 11) is -4.57. The number of nitrogens with one attached hydrogen (secondary N) is 1. The Bertz CT molecular complexity index is 1570. The Morgan fingerprint density at radius 2 is 1.95 bits per heavy atom. The number of amides is 1. The van der Waals surface area contributed by atoms with Crippen LogP contribution in [0.3, 0.4) is 0 Å². The number of aliphatic hydroxyl groups is 1. The van der Waals surface area contributed by atoms with Gasteiger partial charge in [-0.3, -0.25) is 18.4 Å². The summed E-state index contributed by atoms with van der Waals surface area (Å²) in [5.41, 5.74) is -0.409. The number of benzene rings is 2. The summed E-state index contributed by atoms with van der Waals surface area (Å²) in [4.78, 5) is 29.4. The summed E-state index contributed by atoms with van der Waals surface area (Å²) >= 11 is 7.35. The van der Waals surface area contributed by atoms with Gasteiger partial charge in [0.1, 0.15) is 29.1 Å². The van der Waals surface area contributed by atoms with Crippen LogP contribution in [0.2, 0.25) is 5.02 Å². The van der Waals surface area contributed by atoms with Crippen molar-refractivity contribution >= 4 is 42.9 Å². The summed E-state index contributed by atoms with van der Waals surface area (Å²) in [6, 6.07) is 16.1. The molecule has 1 unspecified atom stereocenters. The topological polar surface area (TPSA) is 138 Å². The van der Waals surface area contributed by atoms with E-state index in [4.69, 9.17) is 29.9 Å². The summed E-state index contributed by atoms with van der Waals surface area (Å²) in [5.74, 6) is -0.444. The van der Waals surface area contributed by atoms with Gasteiger partial charge in [-0.2, -0.15) is 4.98 Å². The largest absolute Gasteiger partial charge is 0.530 e. The molecule has 5 rings (SSSR count). The molecule has 2 fully saturated rings. The highest BCUT2D eigenvalue weighted by molar-refractivity contribution is 8.00. The Balaban J connectivity index is 1.34. The minimum atomic E-state index is -4.57. The number of carbonyl (C=O) groups excluding carboxylic acids is 1. The maximum Gasteiger partial charge on any atom is 0.530 e. The van der Waals surface area contributed by atoms with Crippen molar-refractivity contribution in [1.82, 2.24) is 9.55 Å². The summed E-state index contributed by atoms with van der Waals surface area (Å²) < 4.78 is 54.1. The van der Waals surface area contributed by atoms with E-state index in [9.17, 15) is 19.3 Å². The van der Waals surface area contributed by atoms with Crippen molar-refractivity contribution < 1.29 is 37.2 Å². The van der Waals surface area contributed by atoms with Gasteiger partial charge in [-0.25, -0.2) is 13.8 Å². The highest BCUT2D eigenvalue weighted by atomic mass is 35.5. The van der Waals surface area contributed by atoms with Crippen LogP contribution < -0.4 is 15.5 Å². The molecular weight excluding hydrogens is 636 g/mol. The number of nitrogens with zero attached hydrogens (tertiary/aromatic N) is 2. The van der Waals surface area contributed by atoms with Crippen LogP contribution in [0.1, 0.15) is 42.4 Å². The van der Waals surface area contributed by atoms with Crippen molar-refractivity contribution in [2.75, 3.05) is 11.9 Å². The Morgan fingerprint density at radius 3 is 2.61 bits per heavy atom. The number of ether oxygens (including phenoxy) is 1. The number of para-hydroxylation sites is 1. The number of phosphoric ester groups is 1. The molecule has 2 aliphatic heterocycles. The number of hydrogen-bond acceptors (Lipinski definition) is 10. The third kappa shape index (κ3) is 7.54. The van der Waals surface area contributed by atoms with Crippen LogP contribution in [0.5, 0.6) is 5.75 Å². The standard InChI is InChI=1S/C29H32ClFN3O8PS/c1-3-23-26(42-43(38,41-21-12-8-7-11-19(21)30)39-16-22-20(35)15-17(2)40-22)25(31)28(44-23)34-14-13-24(33-29(34)37)32-27(36)18-9-5-4-6-10-18/h4-14,17,20,22-23,25-26,28,35H,3,15-16H2,1-2H3,(H,32,33,36,37)/t17-,20-,22+,23+,25-,26+,28+,43?/m0/s1. The molecule has 15 heteroatoms. The fourth-order valence-corrected chi connectivity index (χ4v) is 8.21. The number of aromatic nitrogens is 2. The lowest BCUT2D eigenvalue weighted by atomic mass is 10.1. The number of phosphoric acid groups is 1. The van der Waals surface area contributed by atoms with E-state index in [1.807, 2.05) is 0 Å². The molecule has 2 aromatic carbocycles. The van der Waals surface area contributed by atoms with E-state index >= 15 is 4.39 Å². The second-order valence-corrected chi connectivity index (χ2v) is 13.7. The molecule has 44 heavy (non-hydrogen) atoms. The van der Waals surface area contributed by atoms with Gasteiger partial charge >= 0.3 is 13.5 Å². The van der Waals surface area contributed by atoms with Crippen molar-refractivity contribution in [2.45, 2.75) is 67.9 Å². The number of rotatable bonds is 11. The molecular formula is C29H32ClFN3O8PS. The molecule has 0 bridgehead atoms. The molecule has 2 aliphatic rings. The SMILES string of the molecule is CC[C@H]1S[C@@H](n2ccc(NC(=O)c3ccccc3)nc2=O)[C@@H](F)[C@@H]1OP(=O)(OC[C@H]1O[C@@H](C)C[C@@H]1O)Oc1ccccc1Cl. The number of thioether (sulfide) groups is 1. The van der Waals surface area contributed by atoms with Gasteiger partial charge < -0.3 is 19.7 Å². The highest BCUT2D eigenvalue weighted by Gasteiger charge is 2.51. The van der Waals surface area contributed by atoms with Crippen molar-refractivity contribution in [2.24, 2.45) is 0 Å². The first-order chi connectivity index (χ1) is 21.1. The van der Waals surface area contributed by atoms with Gasteiger partial charge in [0.2, 0.25) is 0 Å². The molecule has 0 aliphatic carbocycles. The van der Waals surface area contributed by atoms with E-state index in [1.165, 1.54) is 24.4 Å². The number of halogens is 2. The first kappa shape index (κ1) is 32.6. The van der Waals surface area contributed by atoms with Crippen molar-refractivity contribution in [1.29, 1.82) is 0 Å². The van der Waals surface area contributed by atoms with Gasteiger partial charge in [0, 0.05) is 23.4 Å². The van der Waals surface area contributed by atoms with Crippen LogP contribution >= 0.6 is 31.2 Å². The molecule has 2 saturated heterocycles. The van der Waals surface area contributed by atoms with E-state index in [0.717, 1.165) is 16.3 Å². The summed E-state index contributed by atoms with van der Waals surface area (Å²) in [6.07, 6.45) is -2.94. The molecule has 3 aromatic rings. The maximum atomic E-state index is 16.2. The van der Waals surface area contributed by atoms with Crippen molar-refractivity contribution in [3.05, 3.63) is 87.9 Å². The smallest absolute Gasteiger partial charge is 0.402 e. The Kier molecular flexibility index (Phi) is 10.5. The minimum Gasteiger partial charge on any atom is -0.402 e. The van der Waals surface area contributed by atoms with Gasteiger partial charge in [-0.15, -0.1) is 11.8 Å². The van der Waals surface area contributed by atoms with Crippen molar-refractivity contribution in [3.63, 3.8) is 0 Å². The van der Waals surface area contributed by atoms with Crippen LogP contribution in [0.25, 0.3) is 0 Å². The number of alkyl halides is 1. The van der Waals surface area contributed by atoms with Crippen LogP contribution in [-0.4, -0.2) is 63.0 Å². The van der Waals surface area contributed by atoms with Gasteiger partial charge in [0.15, 0.2) is 6.17 Å². The van der Waals surface area contributed by atoms with Gasteiger partial charge in [-0.1, -0.05) is 48.9 Å². The van der Waals surface area contributed by atoms with E-state index in [0.29, 0.717) is 18.4 Å². The first-order valence-corrected chi connectivity index (χ1v) is 16.8. The molecule has 2 N–H and O–H groups in total. The lowest BCUT2D eigenvalue weighted by Gasteiger charge is -2.27. The zero-order chi connectivity index (χ0) is 31.4. The molecule has 1 aromatic heterocycles. The first-order valence-electron chi connectivity index (χ1n) is 14.0. The van der Waals surface area contributed by atoms with Gasteiger partial charge in [0.25, 0.3) is 5.91 Å². The normalized spacial score (nSPS) is 28.0. The Morgan fingerprint density at radius 1 is 1.23 bits per heavy atom. The molecule has 0 spiro atoms. The fourth-order valence-electron chi connectivity index (χ4n) is 4.94. The van der Waals surface area contributed by atoms with Crippen LogP contribution in [0.15, 0.2) is 71.7 Å². The van der Waals surface area contributed by atoms with Crippen LogP contribution in [-0.2, 0) is 18.3 Å². The van der Waals surface area contributed by atoms with Gasteiger partial charge in [-0.05, 0) is 43.7 Å². The quantitative estimate of drug-likeness (QED) is 0.247. The third-order valence-corrected chi connectivity index (χ3v) is 10.6. The van der Waals surface area contributed by atoms with E-state index in [-0.39, 0.29) is 29.3 Å². The Labute approximate surface area is 262 Å². The summed E-state index contributed by atoms with van der Waals surface area (Å²) in [6.45, 7) is 3.25. The second-order valence-electron chi connectivity index (χ2n) is 10.4. The van der Waals surface area contributed by atoms with Gasteiger partial charge in [0.05, 0.1) is 23.8 Å². The molecule has 1 amide bonds. The number of hydrogen-bond donors (Lipinski definition) is 2. The van der Waals surface area contributed by atoms with E-state index in [2.05, 4.69) is 10.3 Å². The number of aliphatic hydroxyl groups excluding tert-OH is 1. The lowest BCUT2D eigenvalue weighted by Crippen LogP contribution is -2.35. The minimum absolute atomic E-state index is 0.00188. The second kappa shape index (κ2) is 14.1. The average Bonchev–Trinajstić information content (AvgIpc) is 3.50. The molecule has 0 saturated carbocycles. The number of anilines is 1. The maximum absolute atomic E-state index is 16.2. The lowest BCUT2D eigenvalue weighted by molar-refractivity contribution is -0.0240. The fraction of sp³-hybridized carbons (Fsp3) is 0.414. The monoisotopic (exact) mass is 667 g/mol. The third-order valence-electron chi connectivity index (χ3n) is 7.16. The van der Waals surface area contributed by atoms with E-state index < -0.39 is 54.5 Å². The molecule has 236 valence electrons. The zero-order valence-corrected chi connectivity index (χ0v) is 26.3. The highest BCUT2D eigenvalue weighted by Crippen LogP contribution is 2.57. The molecule has 0 radical (unpaired) electrons. The molecule has 3 heterocycles. The predicted octanol–water partition coefficient (Wildman–Crippen LogP) is 5.64. The predicted molar refractivity (Wildman–Crippen MR) is 164 cm³/mol. The summed E-state index contributed by atoms with van der Waals surface area (Å²) in [5, 5.41) is 11.3. The number of carbonyl (C=O) groups is 1. The average molecular weight is 668 g/mol. The van der Waals surface area contributed by atoms with Crippen molar-refractivity contribution in [3.8, 4) is 5.75 Å². The Hall–Kier alpha value is -2.77. The van der Waals surface area contributed by atoms with Crippen LogP contribution in [0, 0.1) is 0 Å². The van der Waals surface area contributed by atoms with Crippen LogP contribution in [0.4, 0.5) is 10.2 Å². The van der Waals surface area contributed by atoms with E-state index in [1.54, 1.807) is 56.3 Å². The molecule has 8 atom stereocenters. The molecule has 11 nitrogen and oxygen atoms in total. The zero-order valence-electron chi connectivity index (χ0n) is 23.8.